The Balaban J connectivity index is 1.79. The minimum absolute atomic E-state index is 0.0453. The Morgan fingerprint density at radius 2 is 2.12 bits per heavy atom. The van der Waals surface area contributed by atoms with E-state index in [-0.39, 0.29) is 5.41 Å². The minimum Gasteiger partial charge on any atom is -0.508 e. The van der Waals surface area contributed by atoms with Gasteiger partial charge in [-0.05, 0) is 61.8 Å². The number of phenols is 1. The zero-order valence-electron chi connectivity index (χ0n) is 15.2. The lowest BCUT2D eigenvalue weighted by Crippen LogP contribution is -2.52. The fraction of sp³-hybridized carbons (Fsp3) is 0.364. The first kappa shape index (κ1) is 15.8. The number of nitrogens with one attached hydrogen (secondary N) is 1. The SMILES string of the molecule is COc1ccc2c3c([nH]c2c1)C[C@H]1C[C@]3(c2cccc(O)c2)CCN1C. The van der Waals surface area contributed by atoms with E-state index >= 15 is 0 Å². The van der Waals surface area contributed by atoms with Crippen molar-refractivity contribution in [2.45, 2.75) is 30.7 Å². The fourth-order valence-electron chi connectivity index (χ4n) is 5.17. The number of likely N-dealkylation sites (tertiary alicyclic amines) is 1. The third-order valence-corrected chi connectivity index (χ3v) is 6.50. The van der Waals surface area contributed by atoms with Crippen LogP contribution in [0, 0.1) is 0 Å². The topological polar surface area (TPSA) is 48.5 Å². The second-order valence-corrected chi connectivity index (χ2v) is 7.82. The Kier molecular flexibility index (Phi) is 3.35. The average Bonchev–Trinajstić information content (AvgIpc) is 3.02. The summed E-state index contributed by atoms with van der Waals surface area (Å²) in [5.74, 6) is 1.23. The maximum Gasteiger partial charge on any atom is 0.120 e. The molecule has 2 aromatic carbocycles. The smallest absolute Gasteiger partial charge is 0.120 e. The first-order chi connectivity index (χ1) is 12.6. The van der Waals surface area contributed by atoms with Gasteiger partial charge in [-0.3, -0.25) is 0 Å². The first-order valence-electron chi connectivity index (χ1n) is 9.29. The lowest BCUT2D eigenvalue weighted by molar-refractivity contribution is 0.123. The fourth-order valence-corrected chi connectivity index (χ4v) is 5.17. The molecule has 5 rings (SSSR count). The summed E-state index contributed by atoms with van der Waals surface area (Å²) in [5, 5.41) is 11.4. The van der Waals surface area contributed by atoms with Crippen LogP contribution in [0.25, 0.3) is 10.9 Å². The quantitative estimate of drug-likeness (QED) is 0.740. The molecule has 2 N–H and O–H groups in total. The second kappa shape index (κ2) is 5.52. The molecule has 2 bridgehead atoms. The molecule has 1 aliphatic heterocycles. The van der Waals surface area contributed by atoms with Crippen LogP contribution in [-0.2, 0) is 11.8 Å². The van der Waals surface area contributed by atoms with E-state index < -0.39 is 0 Å². The summed E-state index contributed by atoms with van der Waals surface area (Å²) in [5.41, 5.74) is 5.08. The van der Waals surface area contributed by atoms with Crippen LogP contribution in [0.5, 0.6) is 11.5 Å². The number of nitrogens with zero attached hydrogens (tertiary/aromatic N) is 1. The number of piperidine rings is 1. The predicted octanol–water partition coefficient (Wildman–Crippen LogP) is 3.82. The number of hydrogen-bond donors (Lipinski definition) is 2. The third-order valence-electron chi connectivity index (χ3n) is 6.50. The van der Waals surface area contributed by atoms with Gasteiger partial charge in [0.15, 0.2) is 0 Å². The maximum absolute atomic E-state index is 10.1. The Hall–Kier alpha value is -2.46. The van der Waals surface area contributed by atoms with E-state index in [2.05, 4.69) is 35.1 Å². The summed E-state index contributed by atoms with van der Waals surface area (Å²) in [7, 11) is 3.94. The molecular formula is C22H24N2O2. The van der Waals surface area contributed by atoms with E-state index in [9.17, 15) is 5.11 Å². The summed E-state index contributed by atoms with van der Waals surface area (Å²) in [6, 6.07) is 14.7. The molecule has 1 aliphatic carbocycles. The van der Waals surface area contributed by atoms with Crippen LogP contribution >= 0.6 is 0 Å². The van der Waals surface area contributed by atoms with Gasteiger partial charge >= 0.3 is 0 Å². The normalized spacial score (nSPS) is 25.2. The van der Waals surface area contributed by atoms with Gasteiger partial charge in [0.05, 0.1) is 7.11 Å². The summed E-state index contributed by atoms with van der Waals surface area (Å²) in [6.45, 7) is 1.07. The molecule has 1 fully saturated rings. The number of aromatic hydroxyl groups is 1. The summed E-state index contributed by atoms with van der Waals surface area (Å²) in [6.07, 6.45) is 3.21. The van der Waals surface area contributed by atoms with Crippen LogP contribution in [-0.4, -0.2) is 41.7 Å². The number of likely N-dealkylation sites (N-methyl/N-ethyl adjacent to an activating group) is 1. The van der Waals surface area contributed by atoms with E-state index in [0.29, 0.717) is 11.8 Å². The van der Waals surface area contributed by atoms with Gasteiger partial charge in [-0.25, -0.2) is 0 Å². The molecule has 0 amide bonds. The van der Waals surface area contributed by atoms with Crippen LogP contribution < -0.4 is 4.74 Å². The van der Waals surface area contributed by atoms with Crippen LogP contribution in [0.1, 0.15) is 29.7 Å². The lowest BCUT2D eigenvalue weighted by atomic mass is 9.61. The molecule has 4 nitrogen and oxygen atoms in total. The predicted molar refractivity (Wildman–Crippen MR) is 103 cm³/mol. The Bertz CT molecular complexity index is 993. The summed E-state index contributed by atoms with van der Waals surface area (Å²) in [4.78, 5) is 6.16. The number of ether oxygens (including phenoxy) is 1. The molecule has 1 saturated heterocycles. The number of hydrogen-bond acceptors (Lipinski definition) is 3. The Morgan fingerprint density at radius 3 is 2.92 bits per heavy atom. The Morgan fingerprint density at radius 1 is 1.23 bits per heavy atom. The van der Waals surface area contributed by atoms with Gasteiger partial charge in [-0.15, -0.1) is 0 Å². The molecule has 4 heteroatoms. The van der Waals surface area contributed by atoms with Gasteiger partial charge in [0, 0.05) is 40.5 Å². The number of aromatic amines is 1. The van der Waals surface area contributed by atoms with Gasteiger partial charge in [0.2, 0.25) is 0 Å². The van der Waals surface area contributed by atoms with Crippen molar-refractivity contribution in [3.63, 3.8) is 0 Å². The molecule has 0 radical (unpaired) electrons. The Labute approximate surface area is 153 Å². The zero-order valence-corrected chi connectivity index (χ0v) is 15.2. The van der Waals surface area contributed by atoms with Crippen molar-refractivity contribution >= 4 is 10.9 Å². The van der Waals surface area contributed by atoms with Crippen LogP contribution in [0.3, 0.4) is 0 Å². The number of H-pyrrole nitrogens is 1. The number of fused-ring (bicyclic) bond motifs is 6. The monoisotopic (exact) mass is 348 g/mol. The highest BCUT2D eigenvalue weighted by Gasteiger charge is 2.47. The number of aromatic nitrogens is 1. The minimum atomic E-state index is -0.0453. The molecule has 134 valence electrons. The van der Waals surface area contributed by atoms with Crippen LogP contribution in [0.15, 0.2) is 42.5 Å². The second-order valence-electron chi connectivity index (χ2n) is 7.82. The van der Waals surface area contributed by atoms with E-state index in [1.54, 1.807) is 13.2 Å². The lowest BCUT2D eigenvalue weighted by Gasteiger charge is -2.50. The highest BCUT2D eigenvalue weighted by Crippen LogP contribution is 2.52. The number of benzene rings is 2. The molecule has 0 spiro atoms. The van der Waals surface area contributed by atoms with E-state index in [0.717, 1.165) is 37.1 Å². The molecule has 1 aromatic heterocycles. The molecule has 2 heterocycles. The number of rotatable bonds is 2. The van der Waals surface area contributed by atoms with E-state index in [1.165, 1.54) is 22.2 Å². The van der Waals surface area contributed by atoms with E-state index in [1.807, 2.05) is 18.2 Å². The van der Waals surface area contributed by atoms with Crippen molar-refractivity contribution in [3.05, 3.63) is 59.3 Å². The molecule has 3 aromatic rings. The van der Waals surface area contributed by atoms with Crippen molar-refractivity contribution in [1.82, 2.24) is 9.88 Å². The number of phenolic OH excluding ortho intramolecular Hbond substituents is 1. The van der Waals surface area contributed by atoms with Gasteiger partial charge < -0.3 is 19.7 Å². The molecule has 0 unspecified atom stereocenters. The molecule has 26 heavy (non-hydrogen) atoms. The molecule has 2 atom stereocenters. The van der Waals surface area contributed by atoms with Crippen molar-refractivity contribution < 1.29 is 9.84 Å². The van der Waals surface area contributed by atoms with E-state index in [4.69, 9.17) is 4.74 Å². The third kappa shape index (κ3) is 2.12. The first-order valence-corrected chi connectivity index (χ1v) is 9.29. The zero-order chi connectivity index (χ0) is 17.9. The van der Waals surface area contributed by atoms with Crippen LogP contribution in [0.4, 0.5) is 0 Å². The highest BCUT2D eigenvalue weighted by molar-refractivity contribution is 5.88. The van der Waals surface area contributed by atoms with Crippen molar-refractivity contribution in [1.29, 1.82) is 0 Å². The summed E-state index contributed by atoms with van der Waals surface area (Å²) < 4.78 is 5.42. The van der Waals surface area contributed by atoms with Crippen LogP contribution in [0.2, 0.25) is 0 Å². The van der Waals surface area contributed by atoms with Crippen molar-refractivity contribution in [2.75, 3.05) is 20.7 Å². The molecule has 2 aliphatic rings. The van der Waals surface area contributed by atoms with Crippen molar-refractivity contribution in [2.24, 2.45) is 0 Å². The summed E-state index contributed by atoms with van der Waals surface area (Å²) >= 11 is 0. The van der Waals surface area contributed by atoms with Gasteiger partial charge in [0.1, 0.15) is 11.5 Å². The van der Waals surface area contributed by atoms with Gasteiger partial charge in [0.25, 0.3) is 0 Å². The standard InChI is InChI=1S/C22H24N2O2/c1-24-9-8-22(14-4-3-5-16(25)10-14)13-15(24)11-20-21(22)18-7-6-17(26-2)12-19(18)23-20/h3-7,10,12,15,23,25H,8-9,11,13H2,1-2H3/t15-,22-/m0/s1. The number of methoxy groups -OCH3 is 1. The van der Waals surface area contributed by atoms with Gasteiger partial charge in [-0.2, -0.15) is 0 Å². The largest absolute Gasteiger partial charge is 0.508 e. The maximum atomic E-state index is 10.1. The molecular weight excluding hydrogens is 324 g/mol. The highest BCUT2D eigenvalue weighted by atomic mass is 16.5. The average molecular weight is 348 g/mol. The van der Waals surface area contributed by atoms with Crippen molar-refractivity contribution in [3.8, 4) is 11.5 Å². The van der Waals surface area contributed by atoms with Gasteiger partial charge in [-0.1, -0.05) is 12.1 Å². The molecule has 0 saturated carbocycles.